The Hall–Kier alpha value is -3.00. The number of carbonyl (C=O) groups excluding carboxylic acids is 1. The summed E-state index contributed by atoms with van der Waals surface area (Å²) >= 11 is 0. The van der Waals surface area contributed by atoms with Gasteiger partial charge in [0.1, 0.15) is 0 Å². The summed E-state index contributed by atoms with van der Waals surface area (Å²) in [7, 11) is 0. The van der Waals surface area contributed by atoms with Crippen molar-refractivity contribution in [3.63, 3.8) is 0 Å². The van der Waals surface area contributed by atoms with Crippen LogP contribution in [-0.2, 0) is 6.54 Å². The number of hydrogen-bond donors (Lipinski definition) is 3. The van der Waals surface area contributed by atoms with E-state index in [4.69, 9.17) is 15.7 Å². The van der Waals surface area contributed by atoms with Crippen LogP contribution in [0.1, 0.15) is 93.9 Å². The number of hydrogen-bond acceptors (Lipinski definition) is 6. The van der Waals surface area contributed by atoms with Crippen LogP contribution in [0.25, 0.3) is 11.0 Å². The molecule has 1 aliphatic rings. The lowest BCUT2D eigenvalue weighted by molar-refractivity contribution is 0.101. The quantitative estimate of drug-likeness (QED) is 0.448. The molecule has 3 aromatic rings. The first kappa shape index (κ1) is 24.1. The maximum Gasteiger partial charge on any atom is 0.227 e. The number of rotatable bonds is 7. The van der Waals surface area contributed by atoms with Gasteiger partial charge >= 0.3 is 0 Å². The van der Waals surface area contributed by atoms with Gasteiger partial charge in [0.15, 0.2) is 17.1 Å². The Morgan fingerprint density at radius 2 is 2.03 bits per heavy atom. The number of nitrogens with zero attached hydrogens (tertiary/aromatic N) is 4. The van der Waals surface area contributed by atoms with E-state index < -0.39 is 0 Å². The molecule has 8 heteroatoms. The molecule has 0 aliphatic heterocycles. The van der Waals surface area contributed by atoms with Gasteiger partial charge in [0.25, 0.3) is 0 Å². The zero-order valence-corrected chi connectivity index (χ0v) is 20.9. The monoisotopic (exact) mass is 463 g/mol. The average molecular weight is 464 g/mol. The molecule has 1 fully saturated rings. The zero-order chi connectivity index (χ0) is 24.4. The predicted molar refractivity (Wildman–Crippen MR) is 136 cm³/mol. The highest BCUT2D eigenvalue weighted by molar-refractivity contribution is 5.94. The van der Waals surface area contributed by atoms with Gasteiger partial charge in [0, 0.05) is 24.2 Å². The van der Waals surface area contributed by atoms with Crippen LogP contribution in [0, 0.1) is 0 Å². The van der Waals surface area contributed by atoms with Gasteiger partial charge < -0.3 is 15.6 Å². The lowest BCUT2D eigenvalue weighted by atomic mass is 9.91. The minimum absolute atomic E-state index is 0.0545. The molecule has 0 saturated heterocycles. The lowest BCUT2D eigenvalue weighted by Crippen LogP contribution is -2.39. The van der Waals surface area contributed by atoms with E-state index in [1.54, 1.807) is 6.92 Å². The Bertz CT molecular complexity index is 1240. The summed E-state index contributed by atoms with van der Waals surface area (Å²) in [5.41, 5.74) is 11.7. The largest absolute Gasteiger partial charge is 0.364 e. The second-order valence-electron chi connectivity index (χ2n) is 9.97. The fourth-order valence-electron chi connectivity index (χ4n) is 4.71. The van der Waals surface area contributed by atoms with E-state index in [2.05, 4.69) is 47.8 Å². The number of nitrogens with one attached hydrogen (secondary N) is 2. The Kier molecular flexibility index (Phi) is 7.16. The molecular formula is C26H37N7O. The molecule has 0 bridgehead atoms. The SMILES string of the molecule is CC(=O)c1cccc(CNc2nc(=NC3CCCCC3N)n(C(C)C)c3c(C(C)C)[nH]nc23)c1. The van der Waals surface area contributed by atoms with Crippen molar-refractivity contribution < 1.29 is 4.79 Å². The zero-order valence-electron chi connectivity index (χ0n) is 20.9. The molecule has 1 aromatic carbocycles. The average Bonchev–Trinajstić information content (AvgIpc) is 3.24. The molecule has 1 aliphatic carbocycles. The number of anilines is 1. The van der Waals surface area contributed by atoms with Gasteiger partial charge in [-0.2, -0.15) is 10.1 Å². The van der Waals surface area contributed by atoms with Gasteiger partial charge in [0.2, 0.25) is 5.62 Å². The number of nitrogens with two attached hydrogens (primary N) is 1. The van der Waals surface area contributed by atoms with Crippen LogP contribution in [0.3, 0.4) is 0 Å². The standard InChI is InChI=1S/C26H37N7O/c1-15(2)22-24-23(32-31-22)25(28-14-18-9-8-10-19(13-18)17(5)34)30-26(33(24)16(3)4)29-21-12-7-6-11-20(21)27/h8-10,13,15-16,20-21H,6-7,11-12,14,27H2,1-5H3,(H,31,32)(H,28,29,30). The number of fused-ring (bicyclic) bond motifs is 1. The molecule has 4 rings (SSSR count). The van der Waals surface area contributed by atoms with Crippen molar-refractivity contribution in [2.75, 3.05) is 5.32 Å². The summed E-state index contributed by atoms with van der Waals surface area (Å²) in [5.74, 6) is 1.01. The molecule has 0 amide bonds. The minimum atomic E-state index is 0.0545. The molecular weight excluding hydrogens is 426 g/mol. The van der Waals surface area contributed by atoms with Crippen LogP contribution < -0.4 is 16.7 Å². The van der Waals surface area contributed by atoms with Crippen molar-refractivity contribution in [2.45, 2.75) is 90.9 Å². The summed E-state index contributed by atoms with van der Waals surface area (Å²) in [6.45, 7) is 10.7. The molecule has 2 atom stereocenters. The normalized spacial score (nSPS) is 19.4. The fraction of sp³-hybridized carbons (Fsp3) is 0.538. The van der Waals surface area contributed by atoms with E-state index in [0.717, 1.165) is 48.0 Å². The Balaban J connectivity index is 1.84. The third kappa shape index (κ3) is 4.92. The highest BCUT2D eigenvalue weighted by Gasteiger charge is 2.24. The van der Waals surface area contributed by atoms with E-state index in [0.29, 0.717) is 23.5 Å². The molecule has 2 unspecified atom stereocenters. The van der Waals surface area contributed by atoms with E-state index in [1.165, 1.54) is 0 Å². The fourth-order valence-corrected chi connectivity index (χ4v) is 4.71. The number of ketones is 1. The number of aromatic amines is 1. The topological polar surface area (TPSA) is 114 Å². The smallest absolute Gasteiger partial charge is 0.227 e. The van der Waals surface area contributed by atoms with Crippen LogP contribution in [0.2, 0.25) is 0 Å². The molecule has 2 heterocycles. The Labute approximate surface area is 201 Å². The second-order valence-corrected chi connectivity index (χ2v) is 9.97. The molecule has 0 radical (unpaired) electrons. The number of H-pyrrole nitrogens is 1. The highest BCUT2D eigenvalue weighted by Crippen LogP contribution is 2.28. The van der Waals surface area contributed by atoms with E-state index in [1.807, 2.05) is 24.3 Å². The Morgan fingerprint density at radius 3 is 2.71 bits per heavy atom. The summed E-state index contributed by atoms with van der Waals surface area (Å²) in [6.07, 6.45) is 4.29. The van der Waals surface area contributed by atoms with E-state index >= 15 is 0 Å². The summed E-state index contributed by atoms with van der Waals surface area (Å²) in [4.78, 5) is 21.9. The van der Waals surface area contributed by atoms with Gasteiger partial charge in [-0.3, -0.25) is 9.89 Å². The first-order valence-corrected chi connectivity index (χ1v) is 12.4. The van der Waals surface area contributed by atoms with Gasteiger partial charge in [0.05, 0.1) is 17.3 Å². The van der Waals surface area contributed by atoms with Crippen LogP contribution in [0.5, 0.6) is 0 Å². The molecule has 1 saturated carbocycles. The predicted octanol–water partition coefficient (Wildman–Crippen LogP) is 4.45. The third-order valence-electron chi connectivity index (χ3n) is 6.61. The molecule has 8 nitrogen and oxygen atoms in total. The number of carbonyl (C=O) groups is 1. The van der Waals surface area contributed by atoms with Crippen LogP contribution in [0.15, 0.2) is 29.3 Å². The number of benzene rings is 1. The summed E-state index contributed by atoms with van der Waals surface area (Å²) < 4.78 is 2.19. The number of Topliss-reactive ketones (excluding diaryl/α,β-unsaturated/α-hetero) is 1. The van der Waals surface area contributed by atoms with Crippen LogP contribution in [0.4, 0.5) is 5.82 Å². The number of aromatic nitrogens is 4. The molecule has 4 N–H and O–H groups in total. The maximum atomic E-state index is 11.8. The minimum Gasteiger partial charge on any atom is -0.364 e. The van der Waals surface area contributed by atoms with Crippen molar-refractivity contribution >= 4 is 22.6 Å². The molecule has 2 aromatic heterocycles. The van der Waals surface area contributed by atoms with Gasteiger partial charge in [-0.05, 0) is 51.2 Å². The van der Waals surface area contributed by atoms with Gasteiger partial charge in [-0.1, -0.05) is 44.9 Å². The first-order chi connectivity index (χ1) is 16.3. The van der Waals surface area contributed by atoms with Gasteiger partial charge in [-0.25, -0.2) is 4.99 Å². The van der Waals surface area contributed by atoms with E-state index in [-0.39, 0.29) is 29.8 Å². The summed E-state index contributed by atoms with van der Waals surface area (Å²) in [5, 5.41) is 11.4. The van der Waals surface area contributed by atoms with Crippen molar-refractivity contribution in [3.05, 3.63) is 46.7 Å². The van der Waals surface area contributed by atoms with Crippen molar-refractivity contribution in [1.29, 1.82) is 0 Å². The highest BCUT2D eigenvalue weighted by atomic mass is 16.1. The van der Waals surface area contributed by atoms with Crippen molar-refractivity contribution in [2.24, 2.45) is 10.7 Å². The van der Waals surface area contributed by atoms with Crippen LogP contribution in [-0.4, -0.2) is 37.6 Å². The Morgan fingerprint density at radius 1 is 1.26 bits per heavy atom. The second kappa shape index (κ2) is 10.1. The van der Waals surface area contributed by atoms with E-state index in [9.17, 15) is 4.79 Å². The van der Waals surface area contributed by atoms with Crippen LogP contribution >= 0.6 is 0 Å². The molecule has 182 valence electrons. The lowest BCUT2D eigenvalue weighted by Gasteiger charge is -2.25. The third-order valence-corrected chi connectivity index (χ3v) is 6.61. The van der Waals surface area contributed by atoms with Gasteiger partial charge in [-0.15, -0.1) is 0 Å². The molecule has 0 spiro atoms. The maximum absolute atomic E-state index is 11.8. The summed E-state index contributed by atoms with van der Waals surface area (Å²) in [6, 6.07) is 7.95. The van der Waals surface area contributed by atoms with Crippen molar-refractivity contribution in [1.82, 2.24) is 19.7 Å². The first-order valence-electron chi connectivity index (χ1n) is 12.4. The molecule has 34 heavy (non-hydrogen) atoms. The van der Waals surface area contributed by atoms with Crippen molar-refractivity contribution in [3.8, 4) is 0 Å².